The zero-order valence-corrected chi connectivity index (χ0v) is 13.9. The lowest BCUT2D eigenvalue weighted by atomic mass is 9.98. The largest absolute Gasteiger partial charge is 0.313 e. The smallest absolute Gasteiger partial charge is 0.147 e. The fourth-order valence-corrected chi connectivity index (χ4v) is 2.64. The van der Waals surface area contributed by atoms with Crippen molar-refractivity contribution in [3.63, 3.8) is 0 Å². The number of halogens is 4. The zero-order chi connectivity index (χ0) is 14.7. The summed E-state index contributed by atoms with van der Waals surface area (Å²) >= 11 is 15.0. The normalized spacial score (nSPS) is 12.4. The maximum absolute atomic E-state index is 14.2. The Balaban J connectivity index is 2.29. The Bertz CT molecular complexity index is 602. The summed E-state index contributed by atoms with van der Waals surface area (Å²) in [4.78, 5) is 0. The van der Waals surface area contributed by atoms with Crippen LogP contribution in [-0.2, 0) is 6.42 Å². The van der Waals surface area contributed by atoms with E-state index in [0.717, 1.165) is 5.56 Å². The number of benzene rings is 2. The molecule has 0 aliphatic carbocycles. The Labute approximate surface area is 136 Å². The number of hydrogen-bond donors (Lipinski definition) is 1. The molecule has 0 aromatic heterocycles. The lowest BCUT2D eigenvalue weighted by Gasteiger charge is -2.18. The summed E-state index contributed by atoms with van der Waals surface area (Å²) in [5.41, 5.74) is 1.63. The molecule has 0 saturated carbocycles. The van der Waals surface area contributed by atoms with Crippen molar-refractivity contribution < 1.29 is 4.39 Å². The molecular formula is C15H13BrCl2FN. The standard InChI is InChI=1S/C15H13BrCl2FN/c1-20-13(8-9-2-4-10(17)5-3-9)11-6-7-12(16)14(18)15(11)19/h2-7,13,20H,8H2,1H3. The topological polar surface area (TPSA) is 12.0 Å². The molecule has 0 spiro atoms. The third kappa shape index (κ3) is 3.53. The van der Waals surface area contributed by atoms with Gasteiger partial charge in [0.1, 0.15) is 5.82 Å². The van der Waals surface area contributed by atoms with Crippen molar-refractivity contribution in [1.29, 1.82) is 0 Å². The van der Waals surface area contributed by atoms with Crippen LogP contribution < -0.4 is 5.32 Å². The molecule has 106 valence electrons. The summed E-state index contributed by atoms with van der Waals surface area (Å²) in [6.45, 7) is 0. The van der Waals surface area contributed by atoms with E-state index in [1.54, 1.807) is 19.2 Å². The predicted molar refractivity (Wildman–Crippen MR) is 86.1 cm³/mol. The molecule has 1 unspecified atom stereocenters. The van der Waals surface area contributed by atoms with Crippen molar-refractivity contribution in [3.05, 3.63) is 67.9 Å². The van der Waals surface area contributed by atoms with Gasteiger partial charge in [0.05, 0.1) is 5.02 Å². The van der Waals surface area contributed by atoms with E-state index in [2.05, 4.69) is 21.2 Å². The highest BCUT2D eigenvalue weighted by molar-refractivity contribution is 9.10. The van der Waals surface area contributed by atoms with E-state index >= 15 is 0 Å². The van der Waals surface area contributed by atoms with Gasteiger partial charge in [-0.25, -0.2) is 4.39 Å². The van der Waals surface area contributed by atoms with Gasteiger partial charge in [-0.2, -0.15) is 0 Å². The fraction of sp³-hybridized carbons (Fsp3) is 0.200. The molecule has 0 aliphatic rings. The van der Waals surface area contributed by atoms with Crippen LogP contribution in [0, 0.1) is 5.82 Å². The van der Waals surface area contributed by atoms with Crippen LogP contribution in [0.3, 0.4) is 0 Å². The second-order valence-electron chi connectivity index (χ2n) is 4.44. The molecule has 0 bridgehead atoms. The van der Waals surface area contributed by atoms with E-state index in [1.165, 1.54) is 0 Å². The second-order valence-corrected chi connectivity index (χ2v) is 6.11. The highest BCUT2D eigenvalue weighted by Crippen LogP contribution is 2.31. The van der Waals surface area contributed by atoms with E-state index in [1.807, 2.05) is 24.3 Å². The molecule has 0 amide bonds. The Hall–Kier alpha value is -0.610. The zero-order valence-electron chi connectivity index (χ0n) is 10.8. The first-order valence-electron chi connectivity index (χ1n) is 6.08. The Morgan fingerprint density at radius 3 is 2.40 bits per heavy atom. The molecule has 1 nitrogen and oxygen atoms in total. The van der Waals surface area contributed by atoms with Gasteiger partial charge in [-0.3, -0.25) is 0 Å². The van der Waals surface area contributed by atoms with Crippen LogP contribution in [0.25, 0.3) is 0 Å². The first-order chi connectivity index (χ1) is 9.52. The minimum absolute atomic E-state index is 0.110. The van der Waals surface area contributed by atoms with Crippen molar-refractivity contribution in [2.45, 2.75) is 12.5 Å². The van der Waals surface area contributed by atoms with Crippen LogP contribution in [0.1, 0.15) is 17.2 Å². The van der Waals surface area contributed by atoms with E-state index in [-0.39, 0.29) is 11.1 Å². The van der Waals surface area contributed by atoms with Gasteiger partial charge in [0.25, 0.3) is 0 Å². The average Bonchev–Trinajstić information content (AvgIpc) is 2.45. The summed E-state index contributed by atoms with van der Waals surface area (Å²) < 4.78 is 14.8. The maximum Gasteiger partial charge on any atom is 0.147 e. The molecule has 5 heteroatoms. The molecule has 20 heavy (non-hydrogen) atoms. The molecule has 0 saturated heterocycles. The predicted octanol–water partition coefficient (Wildman–Crippen LogP) is 5.40. The van der Waals surface area contributed by atoms with Gasteiger partial charge in [0, 0.05) is 21.1 Å². The average molecular weight is 377 g/mol. The highest BCUT2D eigenvalue weighted by Gasteiger charge is 2.18. The first-order valence-corrected chi connectivity index (χ1v) is 7.63. The van der Waals surface area contributed by atoms with Crippen molar-refractivity contribution in [2.24, 2.45) is 0 Å². The number of rotatable bonds is 4. The second kappa shape index (κ2) is 6.90. The summed E-state index contributed by atoms with van der Waals surface area (Å²) in [6, 6.07) is 10.9. The lowest BCUT2D eigenvalue weighted by Crippen LogP contribution is -2.20. The Kier molecular flexibility index (Phi) is 5.44. The molecule has 0 fully saturated rings. The lowest BCUT2D eigenvalue weighted by molar-refractivity contribution is 0.534. The van der Waals surface area contributed by atoms with E-state index in [4.69, 9.17) is 23.2 Å². The maximum atomic E-state index is 14.2. The van der Waals surface area contributed by atoms with Gasteiger partial charge in [0.2, 0.25) is 0 Å². The van der Waals surface area contributed by atoms with Crippen molar-refractivity contribution >= 4 is 39.1 Å². The minimum Gasteiger partial charge on any atom is -0.313 e. The highest BCUT2D eigenvalue weighted by atomic mass is 79.9. The first kappa shape index (κ1) is 15.8. The molecule has 2 aromatic carbocycles. The molecule has 1 atom stereocenters. The van der Waals surface area contributed by atoms with Gasteiger partial charge in [-0.05, 0) is 53.2 Å². The third-order valence-corrected chi connectivity index (χ3v) is 4.65. The van der Waals surface area contributed by atoms with E-state index in [9.17, 15) is 4.39 Å². The minimum atomic E-state index is -0.394. The van der Waals surface area contributed by atoms with Crippen molar-refractivity contribution in [3.8, 4) is 0 Å². The number of nitrogens with one attached hydrogen (secondary N) is 1. The molecule has 2 aromatic rings. The Morgan fingerprint density at radius 1 is 1.15 bits per heavy atom. The van der Waals surface area contributed by atoms with E-state index in [0.29, 0.717) is 21.5 Å². The van der Waals surface area contributed by atoms with Gasteiger partial charge >= 0.3 is 0 Å². The molecule has 1 N–H and O–H groups in total. The number of hydrogen-bond acceptors (Lipinski definition) is 1. The van der Waals surface area contributed by atoms with Gasteiger partial charge < -0.3 is 5.32 Å². The monoisotopic (exact) mass is 375 g/mol. The number of likely N-dealkylation sites (N-methyl/N-ethyl adjacent to an activating group) is 1. The summed E-state index contributed by atoms with van der Waals surface area (Å²) in [6.07, 6.45) is 0.655. The molecule has 2 rings (SSSR count). The molecule has 0 heterocycles. The van der Waals surface area contributed by atoms with Crippen molar-refractivity contribution in [1.82, 2.24) is 5.32 Å². The third-order valence-electron chi connectivity index (χ3n) is 3.14. The van der Waals surface area contributed by atoms with Gasteiger partial charge in [-0.1, -0.05) is 41.4 Å². The van der Waals surface area contributed by atoms with E-state index < -0.39 is 5.82 Å². The summed E-state index contributed by atoms with van der Waals surface area (Å²) in [5, 5.41) is 3.92. The van der Waals surface area contributed by atoms with Crippen LogP contribution in [-0.4, -0.2) is 7.05 Å². The summed E-state index contributed by atoms with van der Waals surface area (Å²) in [7, 11) is 1.80. The van der Waals surface area contributed by atoms with Crippen molar-refractivity contribution in [2.75, 3.05) is 7.05 Å². The van der Waals surface area contributed by atoms with Crippen LogP contribution in [0.15, 0.2) is 40.9 Å². The van der Waals surface area contributed by atoms with Crippen LogP contribution in [0.4, 0.5) is 4.39 Å². The Morgan fingerprint density at radius 2 is 1.80 bits per heavy atom. The molecule has 0 aliphatic heterocycles. The van der Waals surface area contributed by atoms with Crippen LogP contribution >= 0.6 is 39.1 Å². The molecular weight excluding hydrogens is 364 g/mol. The van der Waals surface area contributed by atoms with Crippen LogP contribution in [0.5, 0.6) is 0 Å². The summed E-state index contributed by atoms with van der Waals surface area (Å²) in [5.74, 6) is -0.394. The molecule has 0 radical (unpaired) electrons. The van der Waals surface area contributed by atoms with Gasteiger partial charge in [-0.15, -0.1) is 0 Å². The van der Waals surface area contributed by atoms with Crippen LogP contribution in [0.2, 0.25) is 10.0 Å². The SMILES string of the molecule is CNC(Cc1ccc(Cl)cc1)c1ccc(Br)c(Cl)c1F. The fourth-order valence-electron chi connectivity index (χ4n) is 2.03. The van der Waals surface area contributed by atoms with Gasteiger partial charge in [0.15, 0.2) is 0 Å². The quantitative estimate of drug-likeness (QED) is 0.704.